The molecule has 5 nitrogen and oxygen atoms in total. The normalized spacial score (nSPS) is 19.7. The highest BCUT2D eigenvalue weighted by molar-refractivity contribution is 6.06. The summed E-state index contributed by atoms with van der Waals surface area (Å²) in [5.41, 5.74) is 0.688. The molecule has 1 aromatic carbocycles. The molecule has 0 radical (unpaired) electrons. The number of hydrogen-bond donors (Lipinski definition) is 1. The largest absolute Gasteiger partial charge is 0.494 e. The summed E-state index contributed by atoms with van der Waals surface area (Å²) in [5, 5.41) is 2.61. The molecule has 96 valence electrons. The molecule has 1 aromatic rings. The van der Waals surface area contributed by atoms with Gasteiger partial charge in [0, 0.05) is 11.8 Å². The van der Waals surface area contributed by atoms with Gasteiger partial charge in [-0.25, -0.2) is 0 Å². The first kappa shape index (κ1) is 12.4. The number of amides is 2. The van der Waals surface area contributed by atoms with E-state index in [9.17, 15) is 9.59 Å². The highest BCUT2D eigenvalue weighted by atomic mass is 16.5. The number of ether oxygens (including phenoxy) is 1. The second-order valence-corrected chi connectivity index (χ2v) is 4.14. The number of rotatable bonds is 3. The number of carbonyl (C=O) groups is 2. The number of hydrogen-bond acceptors (Lipinski definition) is 3. The van der Waals surface area contributed by atoms with Crippen LogP contribution in [0.25, 0.3) is 0 Å². The van der Waals surface area contributed by atoms with Crippen molar-refractivity contribution in [3.63, 3.8) is 0 Å². The lowest BCUT2D eigenvalue weighted by atomic mass is 10.2. The van der Waals surface area contributed by atoms with Gasteiger partial charge in [-0.15, -0.1) is 0 Å². The van der Waals surface area contributed by atoms with E-state index in [4.69, 9.17) is 4.74 Å². The van der Waals surface area contributed by atoms with Crippen molar-refractivity contribution in [2.24, 2.45) is 0 Å². The smallest absolute Gasteiger partial charge is 0.249 e. The third-order valence-electron chi connectivity index (χ3n) is 2.76. The Morgan fingerprint density at radius 2 is 2.22 bits per heavy atom. The molecule has 1 saturated heterocycles. The Morgan fingerprint density at radius 1 is 1.44 bits per heavy atom. The van der Waals surface area contributed by atoms with Gasteiger partial charge < -0.3 is 15.0 Å². The van der Waals surface area contributed by atoms with Gasteiger partial charge in [-0.2, -0.15) is 0 Å². The molecule has 1 heterocycles. The molecule has 2 amide bonds. The maximum absolute atomic E-state index is 12.0. The van der Waals surface area contributed by atoms with Crippen molar-refractivity contribution in [2.45, 2.75) is 19.9 Å². The fraction of sp³-hybridized carbons (Fsp3) is 0.385. The highest BCUT2D eigenvalue weighted by Gasteiger charge is 2.30. The predicted molar refractivity (Wildman–Crippen MR) is 67.6 cm³/mol. The molecule has 1 atom stereocenters. The quantitative estimate of drug-likeness (QED) is 0.866. The molecular formula is C13H16N2O3. The lowest BCUT2D eigenvalue weighted by molar-refractivity contribution is -0.130. The average Bonchev–Trinajstić information content (AvgIpc) is 2.34. The van der Waals surface area contributed by atoms with Crippen LogP contribution in [-0.2, 0) is 9.59 Å². The van der Waals surface area contributed by atoms with Gasteiger partial charge in [0.1, 0.15) is 18.3 Å². The van der Waals surface area contributed by atoms with Gasteiger partial charge in [0.05, 0.1) is 6.61 Å². The maximum Gasteiger partial charge on any atom is 0.249 e. The minimum Gasteiger partial charge on any atom is -0.494 e. The minimum absolute atomic E-state index is 0.0543. The second-order valence-electron chi connectivity index (χ2n) is 4.14. The van der Waals surface area contributed by atoms with Gasteiger partial charge in [-0.1, -0.05) is 6.07 Å². The van der Waals surface area contributed by atoms with Crippen molar-refractivity contribution in [3.05, 3.63) is 24.3 Å². The monoisotopic (exact) mass is 248 g/mol. The first-order valence-corrected chi connectivity index (χ1v) is 5.95. The minimum atomic E-state index is -0.484. The van der Waals surface area contributed by atoms with Crippen molar-refractivity contribution < 1.29 is 14.3 Å². The topological polar surface area (TPSA) is 58.6 Å². The van der Waals surface area contributed by atoms with Gasteiger partial charge in [0.15, 0.2) is 0 Å². The maximum atomic E-state index is 12.0. The molecule has 0 aliphatic carbocycles. The van der Waals surface area contributed by atoms with Crippen molar-refractivity contribution in [2.75, 3.05) is 18.1 Å². The molecule has 18 heavy (non-hydrogen) atoms. The number of benzene rings is 1. The van der Waals surface area contributed by atoms with Crippen LogP contribution in [0.1, 0.15) is 13.8 Å². The lowest BCUT2D eigenvalue weighted by Gasteiger charge is -2.30. The molecule has 2 rings (SSSR count). The van der Waals surface area contributed by atoms with Crippen LogP contribution in [-0.4, -0.2) is 31.0 Å². The third-order valence-corrected chi connectivity index (χ3v) is 2.76. The Kier molecular flexibility index (Phi) is 3.50. The molecule has 0 bridgehead atoms. The summed E-state index contributed by atoms with van der Waals surface area (Å²) in [5.74, 6) is 0.439. The van der Waals surface area contributed by atoms with E-state index < -0.39 is 6.04 Å². The van der Waals surface area contributed by atoms with E-state index in [1.807, 2.05) is 19.1 Å². The Balaban J connectivity index is 2.26. The number of piperazine rings is 1. The van der Waals surface area contributed by atoms with Crippen molar-refractivity contribution >= 4 is 17.5 Å². The zero-order chi connectivity index (χ0) is 13.1. The molecule has 1 N–H and O–H groups in total. The van der Waals surface area contributed by atoms with Crippen LogP contribution in [0.15, 0.2) is 24.3 Å². The van der Waals surface area contributed by atoms with E-state index in [0.29, 0.717) is 18.0 Å². The molecule has 1 aliphatic rings. The van der Waals surface area contributed by atoms with Crippen molar-refractivity contribution in [1.82, 2.24) is 5.32 Å². The standard InChI is InChI=1S/C13H16N2O3/c1-3-18-11-6-4-5-10(7-11)15-8-12(16)14-9(2)13(15)17/h4-7,9H,3,8H2,1-2H3,(H,14,16). The van der Waals surface area contributed by atoms with Gasteiger partial charge in [-0.05, 0) is 26.0 Å². The summed E-state index contributed by atoms with van der Waals surface area (Å²) in [4.78, 5) is 25.0. The van der Waals surface area contributed by atoms with E-state index in [-0.39, 0.29) is 18.4 Å². The van der Waals surface area contributed by atoms with E-state index in [1.54, 1.807) is 19.1 Å². The average molecular weight is 248 g/mol. The number of anilines is 1. The molecular weight excluding hydrogens is 232 g/mol. The zero-order valence-electron chi connectivity index (χ0n) is 10.5. The van der Waals surface area contributed by atoms with Crippen LogP contribution < -0.4 is 15.0 Å². The Bertz CT molecular complexity index is 473. The van der Waals surface area contributed by atoms with Gasteiger partial charge >= 0.3 is 0 Å². The molecule has 0 spiro atoms. The molecule has 1 aliphatic heterocycles. The van der Waals surface area contributed by atoms with Gasteiger partial charge in [0.2, 0.25) is 11.8 Å². The van der Waals surface area contributed by atoms with Crippen LogP contribution in [0, 0.1) is 0 Å². The first-order chi connectivity index (χ1) is 8.61. The molecule has 5 heteroatoms. The predicted octanol–water partition coefficient (Wildman–Crippen LogP) is 0.937. The summed E-state index contributed by atoms with van der Waals surface area (Å²) in [6, 6.07) is 6.72. The summed E-state index contributed by atoms with van der Waals surface area (Å²) in [7, 11) is 0. The van der Waals surface area contributed by atoms with Crippen LogP contribution in [0.2, 0.25) is 0 Å². The SMILES string of the molecule is CCOc1cccc(N2CC(=O)NC(C)C2=O)c1. The van der Waals surface area contributed by atoms with Gasteiger partial charge in [0.25, 0.3) is 0 Å². The number of nitrogens with one attached hydrogen (secondary N) is 1. The first-order valence-electron chi connectivity index (χ1n) is 5.95. The summed E-state index contributed by atoms with van der Waals surface area (Å²) >= 11 is 0. The van der Waals surface area contributed by atoms with E-state index >= 15 is 0 Å². The Hall–Kier alpha value is -2.04. The molecule has 0 aromatic heterocycles. The van der Waals surface area contributed by atoms with Crippen LogP contribution >= 0.6 is 0 Å². The Labute approximate surface area is 106 Å². The summed E-state index contributed by atoms with van der Waals surface area (Å²) in [6.45, 7) is 4.19. The van der Waals surface area contributed by atoms with Crippen LogP contribution in [0.5, 0.6) is 5.75 Å². The summed E-state index contributed by atoms with van der Waals surface area (Å²) in [6.07, 6.45) is 0. The summed E-state index contributed by atoms with van der Waals surface area (Å²) < 4.78 is 5.39. The van der Waals surface area contributed by atoms with Crippen LogP contribution in [0.4, 0.5) is 5.69 Å². The van der Waals surface area contributed by atoms with E-state index in [1.165, 1.54) is 4.90 Å². The fourth-order valence-electron chi connectivity index (χ4n) is 1.93. The third kappa shape index (κ3) is 2.45. The molecule has 0 saturated carbocycles. The molecule has 1 fully saturated rings. The van der Waals surface area contributed by atoms with E-state index in [2.05, 4.69) is 5.32 Å². The second kappa shape index (κ2) is 5.08. The molecule has 1 unspecified atom stereocenters. The fourth-order valence-corrected chi connectivity index (χ4v) is 1.93. The Morgan fingerprint density at radius 3 is 2.94 bits per heavy atom. The van der Waals surface area contributed by atoms with E-state index in [0.717, 1.165) is 0 Å². The highest BCUT2D eigenvalue weighted by Crippen LogP contribution is 2.22. The lowest BCUT2D eigenvalue weighted by Crippen LogP contribution is -2.57. The van der Waals surface area contributed by atoms with Gasteiger partial charge in [-0.3, -0.25) is 9.59 Å². The van der Waals surface area contributed by atoms with Crippen molar-refractivity contribution in [3.8, 4) is 5.75 Å². The zero-order valence-corrected chi connectivity index (χ0v) is 10.5. The van der Waals surface area contributed by atoms with Crippen molar-refractivity contribution in [1.29, 1.82) is 0 Å². The number of carbonyl (C=O) groups excluding carboxylic acids is 2. The number of nitrogens with zero attached hydrogens (tertiary/aromatic N) is 1. The van der Waals surface area contributed by atoms with Crippen LogP contribution in [0.3, 0.4) is 0 Å².